The molecule has 0 heterocycles. The molecule has 0 aliphatic heterocycles. The van der Waals surface area contributed by atoms with Crippen LogP contribution in [0.15, 0.2) is 30.3 Å². The first kappa shape index (κ1) is 14.8. The zero-order valence-corrected chi connectivity index (χ0v) is 11.7. The number of hydrogen-bond donors (Lipinski definition) is 2. The third kappa shape index (κ3) is 3.51. The third-order valence-corrected chi connectivity index (χ3v) is 3.00. The van der Waals surface area contributed by atoms with Crippen molar-refractivity contribution in [2.75, 3.05) is 6.61 Å². The molecule has 0 saturated heterocycles. The van der Waals surface area contributed by atoms with Crippen molar-refractivity contribution in [2.24, 2.45) is 0 Å². The molecule has 0 bridgehead atoms. The minimum atomic E-state index is -0.461. The van der Waals surface area contributed by atoms with Crippen molar-refractivity contribution in [3.8, 4) is 17.2 Å². The predicted octanol–water partition coefficient (Wildman–Crippen LogP) is 3.12. The van der Waals surface area contributed by atoms with Crippen molar-refractivity contribution in [3.05, 3.63) is 52.8 Å². The lowest BCUT2D eigenvalue weighted by molar-refractivity contribution is 0.0918. The van der Waals surface area contributed by atoms with Crippen LogP contribution in [0.25, 0.3) is 0 Å². The molecule has 110 valence electrons. The molecule has 0 saturated carbocycles. The summed E-state index contributed by atoms with van der Waals surface area (Å²) in [4.78, 5) is 12.0. The van der Waals surface area contributed by atoms with Gasteiger partial charge in [-0.25, -0.2) is 4.39 Å². The summed E-state index contributed by atoms with van der Waals surface area (Å²) in [5.74, 6) is -1.07. The van der Waals surface area contributed by atoms with E-state index in [0.29, 0.717) is 11.1 Å². The molecule has 0 spiro atoms. The second-order valence-corrected chi connectivity index (χ2v) is 4.83. The quantitative estimate of drug-likeness (QED) is 0.849. The van der Waals surface area contributed by atoms with E-state index in [0.717, 1.165) is 6.07 Å². The van der Waals surface area contributed by atoms with Crippen molar-refractivity contribution in [3.63, 3.8) is 0 Å². The number of hydrogen-bond acceptors (Lipinski definition) is 4. The lowest BCUT2D eigenvalue weighted by Gasteiger charge is -2.09. The van der Waals surface area contributed by atoms with Gasteiger partial charge in [0.1, 0.15) is 23.1 Å². The Morgan fingerprint density at radius 3 is 2.48 bits per heavy atom. The molecule has 0 aromatic heterocycles. The van der Waals surface area contributed by atoms with Crippen LogP contribution in [0.2, 0.25) is 0 Å². The predicted molar refractivity (Wildman–Crippen MR) is 75.5 cm³/mol. The van der Waals surface area contributed by atoms with Gasteiger partial charge < -0.3 is 14.9 Å². The van der Waals surface area contributed by atoms with Gasteiger partial charge in [-0.15, -0.1) is 0 Å². The van der Waals surface area contributed by atoms with E-state index in [4.69, 9.17) is 4.74 Å². The van der Waals surface area contributed by atoms with Crippen LogP contribution in [0.1, 0.15) is 21.5 Å². The highest BCUT2D eigenvalue weighted by atomic mass is 19.1. The number of carbonyl (C=O) groups excluding carboxylic acids is 1. The van der Waals surface area contributed by atoms with E-state index in [-0.39, 0.29) is 29.4 Å². The van der Waals surface area contributed by atoms with Gasteiger partial charge >= 0.3 is 0 Å². The minimum Gasteiger partial charge on any atom is -0.508 e. The average molecular weight is 290 g/mol. The van der Waals surface area contributed by atoms with Crippen LogP contribution in [0.4, 0.5) is 4.39 Å². The second-order valence-electron chi connectivity index (χ2n) is 4.83. The van der Waals surface area contributed by atoms with Gasteiger partial charge in [0.25, 0.3) is 0 Å². The first-order chi connectivity index (χ1) is 9.86. The molecular weight excluding hydrogens is 275 g/mol. The highest BCUT2D eigenvalue weighted by Gasteiger charge is 2.14. The number of aromatic hydroxyl groups is 2. The molecule has 0 unspecified atom stereocenters. The van der Waals surface area contributed by atoms with Crippen molar-refractivity contribution >= 4 is 5.78 Å². The number of Topliss-reactive ketones (excluding diaryl/α,β-unsaturated/α-hetero) is 1. The monoisotopic (exact) mass is 290 g/mol. The molecule has 2 N–H and O–H groups in total. The molecule has 0 amide bonds. The molecule has 5 heteroatoms. The number of halogens is 1. The van der Waals surface area contributed by atoms with E-state index in [1.54, 1.807) is 19.9 Å². The van der Waals surface area contributed by atoms with Crippen LogP contribution < -0.4 is 4.74 Å². The van der Waals surface area contributed by atoms with Gasteiger partial charge in [0.15, 0.2) is 6.61 Å². The molecule has 0 aliphatic carbocycles. The van der Waals surface area contributed by atoms with Crippen LogP contribution in [-0.4, -0.2) is 22.6 Å². The number of phenols is 2. The molecule has 0 fully saturated rings. The Bertz CT molecular complexity index is 675. The van der Waals surface area contributed by atoms with E-state index in [2.05, 4.69) is 0 Å². The summed E-state index contributed by atoms with van der Waals surface area (Å²) >= 11 is 0. The van der Waals surface area contributed by atoms with Crippen LogP contribution in [0.3, 0.4) is 0 Å². The van der Waals surface area contributed by atoms with Gasteiger partial charge in [0.05, 0.1) is 5.56 Å². The Morgan fingerprint density at radius 2 is 1.81 bits per heavy atom. The summed E-state index contributed by atoms with van der Waals surface area (Å²) in [6.45, 7) is 3.00. The van der Waals surface area contributed by atoms with Gasteiger partial charge in [-0.3, -0.25) is 4.79 Å². The molecule has 21 heavy (non-hydrogen) atoms. The van der Waals surface area contributed by atoms with Crippen molar-refractivity contribution in [2.45, 2.75) is 13.8 Å². The van der Waals surface area contributed by atoms with Crippen molar-refractivity contribution < 1.29 is 24.1 Å². The topological polar surface area (TPSA) is 66.8 Å². The Labute approximate surface area is 121 Å². The minimum absolute atomic E-state index is 0.0541. The van der Waals surface area contributed by atoms with E-state index >= 15 is 0 Å². The summed E-state index contributed by atoms with van der Waals surface area (Å²) in [6.07, 6.45) is 0. The van der Waals surface area contributed by atoms with Gasteiger partial charge in [0, 0.05) is 12.1 Å². The maximum Gasteiger partial charge on any atom is 0.203 e. The standard InChI is InChI=1S/C16H15FO4/c1-9-3-11(17)6-12(4-9)21-8-16(20)13-5-10(2)14(18)7-15(13)19/h3-7,18-19H,8H2,1-2H3. The maximum absolute atomic E-state index is 13.2. The summed E-state index contributed by atoms with van der Waals surface area (Å²) < 4.78 is 18.4. The van der Waals surface area contributed by atoms with Gasteiger partial charge in [-0.05, 0) is 43.2 Å². The summed E-state index contributed by atoms with van der Waals surface area (Å²) in [7, 11) is 0. The zero-order valence-electron chi connectivity index (χ0n) is 11.7. The van der Waals surface area contributed by atoms with Crippen LogP contribution in [0, 0.1) is 19.7 Å². The molecule has 4 nitrogen and oxygen atoms in total. The largest absolute Gasteiger partial charge is 0.508 e. The smallest absolute Gasteiger partial charge is 0.203 e. The SMILES string of the molecule is Cc1cc(F)cc(OCC(=O)c2cc(C)c(O)cc2O)c1. The maximum atomic E-state index is 13.2. The molecular formula is C16H15FO4. The zero-order chi connectivity index (χ0) is 15.6. The number of rotatable bonds is 4. The third-order valence-electron chi connectivity index (χ3n) is 3.00. The number of phenolic OH excluding ortho intramolecular Hbond substituents is 2. The number of carbonyl (C=O) groups is 1. The fraction of sp³-hybridized carbons (Fsp3) is 0.188. The van der Waals surface area contributed by atoms with Crippen LogP contribution in [-0.2, 0) is 0 Å². The average Bonchev–Trinajstić information content (AvgIpc) is 2.39. The van der Waals surface area contributed by atoms with Crippen molar-refractivity contribution in [1.29, 1.82) is 0 Å². The van der Waals surface area contributed by atoms with Crippen LogP contribution in [0.5, 0.6) is 17.2 Å². The molecule has 0 aliphatic rings. The Balaban J connectivity index is 2.13. The summed E-state index contributed by atoms with van der Waals surface area (Å²) in [6, 6.07) is 6.63. The van der Waals surface area contributed by atoms with E-state index in [9.17, 15) is 19.4 Å². The lowest BCUT2D eigenvalue weighted by atomic mass is 10.1. The van der Waals surface area contributed by atoms with Gasteiger partial charge in [-0.1, -0.05) is 0 Å². The number of ketones is 1. The normalized spacial score (nSPS) is 10.4. The summed E-state index contributed by atoms with van der Waals surface area (Å²) in [5, 5.41) is 19.1. The van der Waals surface area contributed by atoms with E-state index in [1.165, 1.54) is 18.2 Å². The molecule has 2 aromatic rings. The van der Waals surface area contributed by atoms with Crippen LogP contribution >= 0.6 is 0 Å². The van der Waals surface area contributed by atoms with E-state index in [1.807, 2.05) is 0 Å². The van der Waals surface area contributed by atoms with Crippen molar-refractivity contribution in [1.82, 2.24) is 0 Å². The van der Waals surface area contributed by atoms with Gasteiger partial charge in [0.2, 0.25) is 5.78 Å². The number of benzene rings is 2. The lowest BCUT2D eigenvalue weighted by Crippen LogP contribution is -2.12. The second kappa shape index (κ2) is 5.83. The molecule has 2 aromatic carbocycles. The highest BCUT2D eigenvalue weighted by molar-refractivity contribution is 6.00. The Kier molecular flexibility index (Phi) is 4.12. The summed E-state index contributed by atoms with van der Waals surface area (Å²) in [5.41, 5.74) is 1.21. The number of ether oxygens (including phenoxy) is 1. The number of aryl methyl sites for hydroxylation is 2. The molecule has 0 atom stereocenters. The fourth-order valence-corrected chi connectivity index (χ4v) is 1.92. The van der Waals surface area contributed by atoms with E-state index < -0.39 is 11.6 Å². The Hall–Kier alpha value is -2.56. The first-order valence-electron chi connectivity index (χ1n) is 6.32. The molecule has 2 rings (SSSR count). The van der Waals surface area contributed by atoms with Gasteiger partial charge in [-0.2, -0.15) is 0 Å². The first-order valence-corrected chi connectivity index (χ1v) is 6.32. The Morgan fingerprint density at radius 1 is 1.10 bits per heavy atom. The fourth-order valence-electron chi connectivity index (χ4n) is 1.92. The molecule has 0 radical (unpaired) electrons. The highest BCUT2D eigenvalue weighted by Crippen LogP contribution is 2.27.